The van der Waals surface area contributed by atoms with Crippen molar-refractivity contribution in [3.05, 3.63) is 0 Å². The monoisotopic (exact) mass is 417 g/mol. The average Bonchev–Trinajstić information content (AvgIpc) is 2.08. The van der Waals surface area contributed by atoms with Crippen LogP contribution in [0.3, 0.4) is 0 Å². The Morgan fingerprint density at radius 1 is 0.667 bits per heavy atom. The van der Waals surface area contributed by atoms with Crippen molar-refractivity contribution in [2.75, 3.05) is 21.1 Å². The Hall–Kier alpha value is 2.43. The fourth-order valence-corrected chi connectivity index (χ4v) is 33.5. The molecule has 1 heterocycles. The van der Waals surface area contributed by atoms with E-state index in [9.17, 15) is 0 Å². The second kappa shape index (κ2) is 4.97. The van der Waals surface area contributed by atoms with Gasteiger partial charge in [0.1, 0.15) is 0 Å². The molecule has 1 rings (SSSR count). The molecule has 0 bridgehead atoms. The van der Waals surface area contributed by atoms with E-state index in [4.69, 9.17) is 29.8 Å². The third kappa shape index (κ3) is 2.32. The molecule has 0 amide bonds. The summed E-state index contributed by atoms with van der Waals surface area (Å²) in [6.07, 6.45) is 0. The van der Waals surface area contributed by atoms with Crippen LogP contribution in [0.1, 0.15) is 0 Å². The van der Waals surface area contributed by atoms with E-state index in [2.05, 4.69) is 8.20 Å². The Morgan fingerprint density at radius 3 is 1.00 bits per heavy atom. The normalized spacial score (nSPS) is 42.0. The van der Waals surface area contributed by atoms with Crippen LogP contribution in [0.25, 0.3) is 0 Å². The number of rotatable bonds is 0. The van der Waals surface area contributed by atoms with Gasteiger partial charge < -0.3 is 0 Å². The van der Waals surface area contributed by atoms with Gasteiger partial charge in [-0.25, -0.2) is 0 Å². The van der Waals surface area contributed by atoms with E-state index in [0.29, 0.717) is 0 Å². The van der Waals surface area contributed by atoms with Crippen LogP contribution in [0.15, 0.2) is 0 Å². The van der Waals surface area contributed by atoms with Gasteiger partial charge in [-0.1, -0.05) is 0 Å². The first-order valence-electron chi connectivity index (χ1n) is 3.05. The van der Waals surface area contributed by atoms with Crippen LogP contribution in [0.2, 0.25) is 0 Å². The zero-order chi connectivity index (χ0) is 9.46. The first-order valence-corrected chi connectivity index (χ1v) is 15.5. The maximum absolute atomic E-state index is 6.25. The van der Waals surface area contributed by atoms with E-state index in [0.717, 1.165) is 0 Å². The van der Waals surface area contributed by atoms with Crippen molar-refractivity contribution in [1.29, 1.82) is 0 Å². The molecule has 0 N–H and O–H groups in total. The molecule has 0 aliphatic carbocycles. The van der Waals surface area contributed by atoms with Crippen molar-refractivity contribution in [3.8, 4) is 0 Å². The number of nitrogens with zero attached hydrogens (tertiary/aromatic N) is 3. The molecule has 0 radical (unpaired) electrons. The van der Waals surface area contributed by atoms with Crippen molar-refractivity contribution < 1.29 is 0 Å². The summed E-state index contributed by atoms with van der Waals surface area (Å²) in [6, 6.07) is 0. The van der Waals surface area contributed by atoms with Crippen molar-refractivity contribution in [1.82, 2.24) is 8.20 Å². The molecule has 72 valence electrons. The zero-order valence-corrected chi connectivity index (χ0v) is 14.7. The SMILES string of the molecule is CN1[As](Cl)N(C)[As](Cl)N(C)[As]1Cl. The van der Waals surface area contributed by atoms with Gasteiger partial charge in [-0.2, -0.15) is 0 Å². The summed E-state index contributed by atoms with van der Waals surface area (Å²) in [5.74, 6) is 0. The Kier molecular flexibility index (Phi) is 5.17. The van der Waals surface area contributed by atoms with Gasteiger partial charge in [0.15, 0.2) is 0 Å². The van der Waals surface area contributed by atoms with Crippen LogP contribution in [0.4, 0.5) is 0 Å². The Labute approximate surface area is 101 Å². The Bertz CT molecular complexity index is 116. The van der Waals surface area contributed by atoms with Gasteiger partial charge in [0, 0.05) is 0 Å². The van der Waals surface area contributed by atoms with Crippen LogP contribution in [0.5, 0.6) is 0 Å². The molecule has 1 fully saturated rings. The molecule has 3 nitrogen and oxygen atoms in total. The molecule has 9 heteroatoms. The third-order valence-corrected chi connectivity index (χ3v) is 32.8. The maximum atomic E-state index is 6.25. The fraction of sp³-hybridized carbons (Fsp3) is 1.00. The summed E-state index contributed by atoms with van der Waals surface area (Å²) >= 11 is -4.62. The molecule has 1 aliphatic heterocycles. The van der Waals surface area contributed by atoms with Crippen LogP contribution >= 0.6 is 29.8 Å². The molecule has 0 aromatic heterocycles. The standard InChI is InChI=1S/C3H9As3Cl3N3/c1-10-4(7)11(2)6(9)12(3)5(10)8/h1-3H3. The van der Waals surface area contributed by atoms with Crippen LogP contribution in [-0.2, 0) is 0 Å². The molecule has 1 saturated heterocycles. The topological polar surface area (TPSA) is 9.72 Å². The summed E-state index contributed by atoms with van der Waals surface area (Å²) in [4.78, 5) is 0. The van der Waals surface area contributed by atoms with Gasteiger partial charge in [-0.15, -0.1) is 0 Å². The van der Waals surface area contributed by atoms with E-state index in [1.807, 2.05) is 21.1 Å². The summed E-state index contributed by atoms with van der Waals surface area (Å²) in [5.41, 5.74) is 0. The van der Waals surface area contributed by atoms with Crippen molar-refractivity contribution >= 4 is 72.3 Å². The number of hydrogen-bond acceptors (Lipinski definition) is 3. The molecule has 0 unspecified atom stereocenters. The third-order valence-electron chi connectivity index (χ3n) is 1.43. The quantitative estimate of drug-likeness (QED) is 0.530. The predicted octanol–water partition coefficient (Wildman–Crippen LogP) is 0.466. The summed E-state index contributed by atoms with van der Waals surface area (Å²) in [5, 5.41) is 0. The van der Waals surface area contributed by atoms with E-state index < -0.39 is 42.5 Å². The summed E-state index contributed by atoms with van der Waals surface area (Å²) < 4.78 is 6.45. The van der Waals surface area contributed by atoms with Crippen LogP contribution < -0.4 is 0 Å². The Morgan fingerprint density at radius 2 is 0.833 bits per heavy atom. The van der Waals surface area contributed by atoms with Crippen molar-refractivity contribution in [3.63, 3.8) is 0 Å². The average molecular weight is 418 g/mol. The number of hydrogen-bond donors (Lipinski definition) is 0. The molecular weight excluding hydrogens is 409 g/mol. The number of halogens is 3. The van der Waals surface area contributed by atoms with E-state index in [1.54, 1.807) is 0 Å². The van der Waals surface area contributed by atoms with Crippen LogP contribution in [-0.4, -0.2) is 71.8 Å². The van der Waals surface area contributed by atoms with Gasteiger partial charge in [0.05, 0.1) is 0 Å². The molecule has 1 aliphatic rings. The minimum absolute atomic E-state index is 1.54. The molecular formula is C3H9As3Cl3N3. The minimum atomic E-state index is -1.54. The van der Waals surface area contributed by atoms with Crippen molar-refractivity contribution in [2.45, 2.75) is 0 Å². The zero-order valence-electron chi connectivity index (χ0n) is 6.82. The first kappa shape index (κ1) is 12.5. The van der Waals surface area contributed by atoms with Gasteiger partial charge in [0.25, 0.3) is 0 Å². The molecule has 0 aromatic rings. The molecule has 12 heavy (non-hydrogen) atoms. The van der Waals surface area contributed by atoms with E-state index >= 15 is 0 Å². The van der Waals surface area contributed by atoms with Gasteiger partial charge in [-0.05, 0) is 0 Å². The van der Waals surface area contributed by atoms with Gasteiger partial charge >= 0.3 is 102 Å². The van der Waals surface area contributed by atoms with E-state index in [1.165, 1.54) is 0 Å². The molecule has 0 aromatic carbocycles. The summed E-state index contributed by atoms with van der Waals surface area (Å²) in [6.45, 7) is 0. The van der Waals surface area contributed by atoms with Crippen molar-refractivity contribution in [2.24, 2.45) is 0 Å². The first-order chi connectivity index (χ1) is 5.46. The Balaban J connectivity index is 2.76. The van der Waals surface area contributed by atoms with E-state index in [-0.39, 0.29) is 0 Å². The van der Waals surface area contributed by atoms with Gasteiger partial charge in [-0.3, -0.25) is 0 Å². The fourth-order valence-electron chi connectivity index (χ4n) is 0.745. The molecule has 0 saturated carbocycles. The molecule has 0 spiro atoms. The second-order valence-corrected chi connectivity index (χ2v) is 21.9. The molecule has 0 atom stereocenters. The van der Waals surface area contributed by atoms with Crippen LogP contribution in [0, 0.1) is 0 Å². The second-order valence-electron chi connectivity index (χ2n) is 2.19. The summed E-state index contributed by atoms with van der Waals surface area (Å²) in [7, 11) is 24.8. The van der Waals surface area contributed by atoms with Gasteiger partial charge in [0.2, 0.25) is 0 Å². The predicted molar refractivity (Wildman–Crippen MR) is 58.1 cm³/mol.